The molecular formula is C9H13BO2. The van der Waals surface area contributed by atoms with Crippen LogP contribution in [0.25, 0.3) is 0 Å². The van der Waals surface area contributed by atoms with Crippen LogP contribution >= 0.6 is 0 Å². The molecule has 0 atom stereocenters. The summed E-state index contributed by atoms with van der Waals surface area (Å²) in [4.78, 5) is 22.7. The Hall–Kier alpha value is -0.855. The number of carbonyl (C=O) groups is 2. The van der Waals surface area contributed by atoms with Crippen LogP contribution in [0.5, 0.6) is 0 Å². The molecular weight excluding hydrogens is 151 g/mol. The molecule has 0 saturated carbocycles. The van der Waals surface area contributed by atoms with Crippen LogP contribution in [0.15, 0.2) is 12.6 Å². The largest absolute Gasteiger partial charge is 0.325 e. The summed E-state index contributed by atoms with van der Waals surface area (Å²) in [7, 11) is 0. The number of carbonyl (C=O) groups excluding carboxylic acids is 2. The lowest BCUT2D eigenvalue weighted by Crippen LogP contribution is -2.44. The van der Waals surface area contributed by atoms with Crippen molar-refractivity contribution in [3.8, 4) is 0 Å². The Kier molecular flexibility index (Phi) is 2.22. The van der Waals surface area contributed by atoms with Crippen molar-refractivity contribution in [3.05, 3.63) is 12.6 Å². The van der Waals surface area contributed by atoms with Gasteiger partial charge in [-0.1, -0.05) is 13.8 Å². The van der Waals surface area contributed by atoms with Crippen molar-refractivity contribution in [1.29, 1.82) is 0 Å². The average Bonchev–Trinajstić information content (AvgIpc) is 1.82. The Morgan fingerprint density at radius 2 is 1.75 bits per heavy atom. The van der Waals surface area contributed by atoms with Gasteiger partial charge >= 0.3 is 6.71 Å². The number of hydrogen-bond acceptors (Lipinski definition) is 2. The lowest BCUT2D eigenvalue weighted by Gasteiger charge is -2.29. The molecule has 1 fully saturated rings. The molecule has 1 aliphatic rings. The van der Waals surface area contributed by atoms with Crippen LogP contribution in [0.3, 0.4) is 0 Å². The average molecular weight is 164 g/mol. The van der Waals surface area contributed by atoms with Gasteiger partial charge in [-0.3, -0.25) is 0 Å². The maximum Gasteiger partial charge on any atom is 0.325 e. The summed E-state index contributed by atoms with van der Waals surface area (Å²) in [6.07, 6.45) is 0.991. The van der Waals surface area contributed by atoms with E-state index in [2.05, 4.69) is 6.58 Å². The molecule has 0 aliphatic carbocycles. The van der Waals surface area contributed by atoms with E-state index < -0.39 is 6.71 Å². The third-order valence-electron chi connectivity index (χ3n) is 2.24. The molecule has 0 radical (unpaired) electrons. The zero-order chi connectivity index (χ0) is 9.35. The number of rotatable bonds is 1. The van der Waals surface area contributed by atoms with E-state index in [1.165, 1.54) is 5.98 Å². The molecule has 2 nitrogen and oxygen atoms in total. The van der Waals surface area contributed by atoms with Crippen molar-refractivity contribution in [2.24, 2.45) is 5.41 Å². The summed E-state index contributed by atoms with van der Waals surface area (Å²) >= 11 is 0. The Morgan fingerprint density at radius 3 is 2.08 bits per heavy atom. The van der Waals surface area contributed by atoms with Gasteiger partial charge < -0.3 is 9.59 Å². The van der Waals surface area contributed by atoms with Gasteiger partial charge in [-0.05, 0) is 5.41 Å². The van der Waals surface area contributed by atoms with Gasteiger partial charge in [0.1, 0.15) is 11.4 Å². The summed E-state index contributed by atoms with van der Waals surface area (Å²) in [5.74, 6) is 1.46. The molecule has 1 heterocycles. The van der Waals surface area contributed by atoms with Crippen molar-refractivity contribution in [1.82, 2.24) is 0 Å². The molecule has 12 heavy (non-hydrogen) atoms. The second-order valence-electron chi connectivity index (χ2n) is 4.16. The first kappa shape index (κ1) is 9.23. The third-order valence-corrected chi connectivity index (χ3v) is 2.24. The summed E-state index contributed by atoms with van der Waals surface area (Å²) in [5.41, 5.74) is -0.106. The van der Waals surface area contributed by atoms with E-state index in [1.54, 1.807) is 0 Å². The second kappa shape index (κ2) is 2.89. The van der Waals surface area contributed by atoms with Crippen LogP contribution in [0.1, 0.15) is 26.7 Å². The van der Waals surface area contributed by atoms with E-state index in [9.17, 15) is 9.59 Å². The topological polar surface area (TPSA) is 34.1 Å². The van der Waals surface area contributed by atoms with Crippen LogP contribution in [0.4, 0.5) is 0 Å². The first-order valence-corrected chi connectivity index (χ1v) is 4.14. The molecule has 0 spiro atoms. The molecule has 0 aromatic heterocycles. The Labute approximate surface area is 73.1 Å². The molecule has 0 N–H and O–H groups in total. The predicted molar refractivity (Wildman–Crippen MR) is 49.0 cm³/mol. The third kappa shape index (κ3) is 1.66. The zero-order valence-corrected chi connectivity index (χ0v) is 7.59. The van der Waals surface area contributed by atoms with E-state index in [1.807, 2.05) is 13.8 Å². The number of hydrogen-bond donors (Lipinski definition) is 0. The van der Waals surface area contributed by atoms with E-state index in [0.717, 1.165) is 0 Å². The zero-order valence-electron chi connectivity index (χ0n) is 7.59. The monoisotopic (exact) mass is 164 g/mol. The van der Waals surface area contributed by atoms with E-state index in [0.29, 0.717) is 12.8 Å². The highest BCUT2D eigenvalue weighted by molar-refractivity contribution is 7.14. The van der Waals surface area contributed by atoms with Gasteiger partial charge in [0, 0.05) is 12.8 Å². The van der Waals surface area contributed by atoms with Crippen LogP contribution in [0.2, 0.25) is 0 Å². The fourth-order valence-electron chi connectivity index (χ4n) is 1.67. The Bertz CT molecular complexity index is 223. The molecule has 0 aromatic carbocycles. The smallest absolute Gasteiger partial charge is 0.310 e. The SMILES string of the molecule is C=CB1C(=O)CC(C)(C)CC1=O. The normalized spacial score (nSPS) is 22.7. The Morgan fingerprint density at radius 1 is 1.33 bits per heavy atom. The molecule has 1 rings (SSSR count). The molecule has 0 bridgehead atoms. The standard InChI is InChI=1S/C9H13BO2/c1-4-10-7(11)5-9(2,3)6-8(10)12/h4H,1,5-6H2,2-3H3. The van der Waals surface area contributed by atoms with Crippen molar-refractivity contribution >= 4 is 18.1 Å². The van der Waals surface area contributed by atoms with Gasteiger partial charge in [-0.15, -0.1) is 12.6 Å². The first-order valence-electron chi connectivity index (χ1n) is 4.14. The maximum absolute atomic E-state index is 11.4. The van der Waals surface area contributed by atoms with Gasteiger partial charge in [0.05, 0.1) is 0 Å². The fourth-order valence-corrected chi connectivity index (χ4v) is 1.67. The van der Waals surface area contributed by atoms with E-state index in [-0.39, 0.29) is 16.8 Å². The highest BCUT2D eigenvalue weighted by atomic mass is 16.1. The molecule has 3 heteroatoms. The van der Waals surface area contributed by atoms with Crippen molar-refractivity contribution in [2.45, 2.75) is 26.7 Å². The summed E-state index contributed by atoms with van der Waals surface area (Å²) < 4.78 is 0. The molecule has 0 amide bonds. The van der Waals surface area contributed by atoms with Crippen molar-refractivity contribution in [2.75, 3.05) is 0 Å². The van der Waals surface area contributed by atoms with E-state index in [4.69, 9.17) is 0 Å². The fraction of sp³-hybridized carbons (Fsp3) is 0.556. The molecule has 0 aromatic rings. The minimum absolute atomic E-state index is 0.0197. The molecule has 64 valence electrons. The maximum atomic E-state index is 11.4. The lowest BCUT2D eigenvalue weighted by molar-refractivity contribution is -0.121. The highest BCUT2D eigenvalue weighted by Crippen LogP contribution is 2.30. The quantitative estimate of drug-likeness (QED) is 0.546. The molecule has 1 saturated heterocycles. The van der Waals surface area contributed by atoms with Crippen LogP contribution < -0.4 is 0 Å². The van der Waals surface area contributed by atoms with Gasteiger partial charge in [-0.2, -0.15) is 0 Å². The highest BCUT2D eigenvalue weighted by Gasteiger charge is 2.40. The minimum Gasteiger partial charge on any atom is -0.310 e. The van der Waals surface area contributed by atoms with E-state index >= 15 is 0 Å². The molecule has 1 aliphatic heterocycles. The second-order valence-corrected chi connectivity index (χ2v) is 4.16. The molecule has 0 unspecified atom stereocenters. The summed E-state index contributed by atoms with van der Waals surface area (Å²) in [5, 5.41) is 0. The van der Waals surface area contributed by atoms with Crippen molar-refractivity contribution in [3.63, 3.8) is 0 Å². The van der Waals surface area contributed by atoms with Gasteiger partial charge in [0.15, 0.2) is 0 Å². The van der Waals surface area contributed by atoms with Crippen LogP contribution in [0, 0.1) is 5.41 Å². The van der Waals surface area contributed by atoms with Gasteiger partial charge in [0.25, 0.3) is 0 Å². The minimum atomic E-state index is -0.530. The summed E-state index contributed by atoms with van der Waals surface area (Å²) in [6.45, 7) is 6.85. The summed E-state index contributed by atoms with van der Waals surface area (Å²) in [6, 6.07) is 0. The first-order chi connectivity index (χ1) is 5.46. The van der Waals surface area contributed by atoms with Gasteiger partial charge in [0.2, 0.25) is 0 Å². The van der Waals surface area contributed by atoms with Crippen LogP contribution in [-0.2, 0) is 9.59 Å². The van der Waals surface area contributed by atoms with Crippen molar-refractivity contribution < 1.29 is 9.59 Å². The Balaban J connectivity index is 2.84. The van der Waals surface area contributed by atoms with Crippen LogP contribution in [-0.4, -0.2) is 18.1 Å². The predicted octanol–water partition coefficient (Wildman–Crippen LogP) is 1.24. The van der Waals surface area contributed by atoms with Gasteiger partial charge in [-0.25, -0.2) is 0 Å². The lowest BCUT2D eigenvalue weighted by atomic mass is 9.37.